The molecule has 1 N–H and O–H groups in total. The van der Waals surface area contributed by atoms with E-state index in [0.29, 0.717) is 17.9 Å². The maximum atomic E-state index is 12.3. The lowest BCUT2D eigenvalue weighted by Gasteiger charge is -2.19. The fourth-order valence-electron chi connectivity index (χ4n) is 3.44. The third-order valence-electron chi connectivity index (χ3n) is 4.96. The van der Waals surface area contributed by atoms with Crippen LogP contribution >= 0.6 is 0 Å². The minimum atomic E-state index is -0.784. The molecule has 6 heteroatoms. The second kappa shape index (κ2) is 10.8. The molecule has 0 radical (unpaired) electrons. The number of carbonyl (C=O) groups is 2. The van der Waals surface area contributed by atoms with Crippen molar-refractivity contribution in [3.05, 3.63) is 23.8 Å². The number of para-hydroxylation sites is 1. The van der Waals surface area contributed by atoms with E-state index in [1.807, 2.05) is 12.1 Å². The molecule has 1 aliphatic rings. The van der Waals surface area contributed by atoms with Crippen LogP contribution in [-0.2, 0) is 20.7 Å². The van der Waals surface area contributed by atoms with Gasteiger partial charge in [-0.3, -0.25) is 9.59 Å². The number of nitrogens with one attached hydrogen (secondary N) is 1. The molecule has 0 spiro atoms. The summed E-state index contributed by atoms with van der Waals surface area (Å²) in [7, 11) is 3.14. The second-order valence-electron chi connectivity index (χ2n) is 6.98. The standard InChI is InChI=1S/C21H31NO5/c1-15(21(24)22-17-10-6-4-5-7-11-17)27-19(23)14-13-16-9-8-12-18(25-2)20(16)26-3/h8-9,12,15,17H,4-7,10-11,13-14H2,1-3H3,(H,22,24)/t15-/m1/s1. The number of esters is 1. The van der Waals surface area contributed by atoms with Crippen molar-refractivity contribution in [2.75, 3.05) is 14.2 Å². The molecule has 0 saturated heterocycles. The van der Waals surface area contributed by atoms with E-state index in [9.17, 15) is 9.59 Å². The molecular weight excluding hydrogens is 346 g/mol. The zero-order valence-electron chi connectivity index (χ0n) is 16.6. The normalized spacial score (nSPS) is 16.1. The number of benzene rings is 1. The van der Waals surface area contributed by atoms with Crippen molar-refractivity contribution in [3.63, 3.8) is 0 Å². The Morgan fingerprint density at radius 1 is 1.11 bits per heavy atom. The summed E-state index contributed by atoms with van der Waals surface area (Å²) in [6, 6.07) is 5.74. The first kappa shape index (κ1) is 21.1. The average Bonchev–Trinajstić information content (AvgIpc) is 2.94. The lowest BCUT2D eigenvalue weighted by atomic mass is 10.1. The number of aryl methyl sites for hydroxylation is 1. The van der Waals surface area contributed by atoms with E-state index in [0.717, 1.165) is 31.2 Å². The minimum absolute atomic E-state index is 0.171. The van der Waals surface area contributed by atoms with Gasteiger partial charge in [0.25, 0.3) is 5.91 Å². The van der Waals surface area contributed by atoms with Crippen molar-refractivity contribution >= 4 is 11.9 Å². The predicted octanol–water partition coefficient (Wildman–Crippen LogP) is 3.41. The molecule has 1 saturated carbocycles. The lowest BCUT2D eigenvalue weighted by Crippen LogP contribution is -2.41. The van der Waals surface area contributed by atoms with Gasteiger partial charge in [-0.1, -0.05) is 37.8 Å². The average molecular weight is 377 g/mol. The molecule has 0 unspecified atom stereocenters. The summed E-state index contributed by atoms with van der Waals surface area (Å²) in [5, 5.41) is 3.02. The number of carbonyl (C=O) groups excluding carboxylic acids is 2. The Morgan fingerprint density at radius 3 is 2.44 bits per heavy atom. The van der Waals surface area contributed by atoms with Crippen LogP contribution in [0.5, 0.6) is 11.5 Å². The molecule has 27 heavy (non-hydrogen) atoms. The van der Waals surface area contributed by atoms with Gasteiger partial charge in [0.15, 0.2) is 17.6 Å². The zero-order valence-corrected chi connectivity index (χ0v) is 16.6. The number of rotatable bonds is 8. The van der Waals surface area contributed by atoms with Gasteiger partial charge >= 0.3 is 5.97 Å². The number of methoxy groups -OCH3 is 2. The monoisotopic (exact) mass is 377 g/mol. The van der Waals surface area contributed by atoms with Gasteiger partial charge in [-0.2, -0.15) is 0 Å². The van der Waals surface area contributed by atoms with Crippen molar-refractivity contribution in [1.82, 2.24) is 5.32 Å². The van der Waals surface area contributed by atoms with E-state index in [-0.39, 0.29) is 18.4 Å². The molecule has 2 rings (SSSR count). The van der Waals surface area contributed by atoms with Crippen LogP contribution in [0.3, 0.4) is 0 Å². The predicted molar refractivity (Wildman–Crippen MR) is 103 cm³/mol. The van der Waals surface area contributed by atoms with Crippen LogP contribution in [-0.4, -0.2) is 38.2 Å². The molecule has 0 aromatic heterocycles. The van der Waals surface area contributed by atoms with E-state index in [1.165, 1.54) is 12.8 Å². The van der Waals surface area contributed by atoms with Crippen LogP contribution in [0.2, 0.25) is 0 Å². The number of hydrogen-bond donors (Lipinski definition) is 1. The van der Waals surface area contributed by atoms with Crippen LogP contribution in [0.1, 0.15) is 57.4 Å². The van der Waals surface area contributed by atoms with E-state index < -0.39 is 12.1 Å². The summed E-state index contributed by atoms with van der Waals surface area (Å²) in [6.45, 7) is 1.62. The van der Waals surface area contributed by atoms with Gasteiger partial charge < -0.3 is 19.5 Å². The van der Waals surface area contributed by atoms with Gasteiger partial charge in [0, 0.05) is 12.5 Å². The summed E-state index contributed by atoms with van der Waals surface area (Å²) in [6.07, 6.45) is 6.58. The number of ether oxygens (including phenoxy) is 3. The fourth-order valence-corrected chi connectivity index (χ4v) is 3.44. The van der Waals surface area contributed by atoms with Gasteiger partial charge in [-0.15, -0.1) is 0 Å². The molecule has 0 heterocycles. The zero-order chi connectivity index (χ0) is 19.6. The second-order valence-corrected chi connectivity index (χ2v) is 6.98. The van der Waals surface area contributed by atoms with Gasteiger partial charge in [0.05, 0.1) is 14.2 Å². The molecule has 1 aromatic rings. The quantitative estimate of drug-likeness (QED) is 0.555. The third kappa shape index (κ3) is 6.45. The Morgan fingerprint density at radius 2 is 1.81 bits per heavy atom. The van der Waals surface area contributed by atoms with Gasteiger partial charge in [0.1, 0.15) is 0 Å². The smallest absolute Gasteiger partial charge is 0.306 e. The largest absolute Gasteiger partial charge is 0.493 e. The van der Waals surface area contributed by atoms with Crippen LogP contribution in [0, 0.1) is 0 Å². The first-order valence-electron chi connectivity index (χ1n) is 9.75. The Bertz CT molecular complexity index is 623. The molecule has 1 amide bonds. The highest BCUT2D eigenvalue weighted by Crippen LogP contribution is 2.31. The maximum absolute atomic E-state index is 12.3. The molecule has 0 aliphatic heterocycles. The molecule has 150 valence electrons. The minimum Gasteiger partial charge on any atom is -0.493 e. The van der Waals surface area contributed by atoms with E-state index in [2.05, 4.69) is 5.32 Å². The first-order valence-corrected chi connectivity index (χ1v) is 9.75. The van der Waals surface area contributed by atoms with E-state index in [4.69, 9.17) is 14.2 Å². The summed E-state index contributed by atoms with van der Waals surface area (Å²) < 4.78 is 16.0. The lowest BCUT2D eigenvalue weighted by molar-refractivity contribution is -0.155. The molecule has 1 fully saturated rings. The Labute approximate surface area is 161 Å². The van der Waals surface area contributed by atoms with Crippen molar-refractivity contribution in [2.45, 2.75) is 70.4 Å². The first-order chi connectivity index (χ1) is 13.0. The van der Waals surface area contributed by atoms with Crippen molar-refractivity contribution in [2.24, 2.45) is 0 Å². The van der Waals surface area contributed by atoms with Crippen molar-refractivity contribution in [3.8, 4) is 11.5 Å². The molecule has 6 nitrogen and oxygen atoms in total. The molecule has 1 aromatic carbocycles. The molecule has 1 atom stereocenters. The van der Waals surface area contributed by atoms with Crippen molar-refractivity contribution in [1.29, 1.82) is 0 Å². The molecule has 0 bridgehead atoms. The van der Waals surface area contributed by atoms with Crippen LogP contribution in [0.15, 0.2) is 18.2 Å². The third-order valence-corrected chi connectivity index (χ3v) is 4.96. The Kier molecular flexibility index (Phi) is 8.43. The van der Waals surface area contributed by atoms with Gasteiger partial charge in [-0.25, -0.2) is 0 Å². The highest BCUT2D eigenvalue weighted by Gasteiger charge is 2.22. The number of amides is 1. The van der Waals surface area contributed by atoms with Gasteiger partial charge in [-0.05, 0) is 37.8 Å². The molecule has 1 aliphatic carbocycles. The SMILES string of the molecule is COc1cccc(CCC(=O)O[C@H](C)C(=O)NC2CCCCCC2)c1OC. The van der Waals surface area contributed by atoms with Crippen LogP contribution < -0.4 is 14.8 Å². The summed E-state index contributed by atoms with van der Waals surface area (Å²) >= 11 is 0. The van der Waals surface area contributed by atoms with Crippen molar-refractivity contribution < 1.29 is 23.8 Å². The van der Waals surface area contributed by atoms with Crippen LogP contribution in [0.25, 0.3) is 0 Å². The van der Waals surface area contributed by atoms with E-state index >= 15 is 0 Å². The van der Waals surface area contributed by atoms with E-state index in [1.54, 1.807) is 27.2 Å². The molecular formula is C21H31NO5. The fraction of sp³-hybridized carbons (Fsp3) is 0.619. The Hall–Kier alpha value is -2.24. The van der Waals surface area contributed by atoms with Gasteiger partial charge in [0.2, 0.25) is 0 Å². The Balaban J connectivity index is 1.81. The summed E-state index contributed by atoms with van der Waals surface area (Å²) in [4.78, 5) is 24.5. The maximum Gasteiger partial charge on any atom is 0.306 e. The summed E-state index contributed by atoms with van der Waals surface area (Å²) in [5.41, 5.74) is 0.865. The summed E-state index contributed by atoms with van der Waals surface area (Å²) in [5.74, 6) is 0.629. The number of hydrogen-bond acceptors (Lipinski definition) is 5. The van der Waals surface area contributed by atoms with Crippen LogP contribution in [0.4, 0.5) is 0 Å². The highest BCUT2D eigenvalue weighted by atomic mass is 16.5. The highest BCUT2D eigenvalue weighted by molar-refractivity contribution is 5.83. The topological polar surface area (TPSA) is 73.9 Å².